The van der Waals surface area contributed by atoms with E-state index in [1.807, 2.05) is 13.2 Å². The van der Waals surface area contributed by atoms with Gasteiger partial charge >= 0.3 is 0 Å². The molecule has 24 heavy (non-hydrogen) atoms. The summed E-state index contributed by atoms with van der Waals surface area (Å²) in [5.41, 5.74) is 0.474. The zero-order chi connectivity index (χ0) is 17.6. The maximum atomic E-state index is 4.47. The van der Waals surface area contributed by atoms with Crippen LogP contribution in [0.3, 0.4) is 0 Å². The molecule has 0 bridgehead atoms. The second kappa shape index (κ2) is 8.54. The normalized spacial score (nSPS) is 17.2. The topological polar surface area (TPSA) is 54.2 Å². The summed E-state index contributed by atoms with van der Waals surface area (Å²) >= 11 is 0. The van der Waals surface area contributed by atoms with Crippen molar-refractivity contribution >= 4 is 5.96 Å². The molecule has 0 spiro atoms. The first kappa shape index (κ1) is 18.8. The molecule has 136 valence electrons. The van der Waals surface area contributed by atoms with Crippen molar-refractivity contribution in [3.8, 4) is 0 Å². The third kappa shape index (κ3) is 5.25. The third-order valence-electron chi connectivity index (χ3n) is 4.89. The summed E-state index contributed by atoms with van der Waals surface area (Å²) in [5.74, 6) is 3.31. The number of hydrogen-bond donors (Lipinski definition) is 2. The van der Waals surface area contributed by atoms with Crippen LogP contribution in [0.5, 0.6) is 0 Å². The summed E-state index contributed by atoms with van der Waals surface area (Å²) in [6.07, 6.45) is 9.28. The molecular weight excluding hydrogens is 298 g/mol. The van der Waals surface area contributed by atoms with Crippen molar-refractivity contribution in [2.75, 3.05) is 13.6 Å². The average Bonchev–Trinajstić information content (AvgIpc) is 2.90. The van der Waals surface area contributed by atoms with Gasteiger partial charge in [-0.15, -0.1) is 0 Å². The molecule has 1 saturated carbocycles. The lowest BCUT2D eigenvalue weighted by Gasteiger charge is -2.43. The Hall–Kier alpha value is -1.52. The van der Waals surface area contributed by atoms with Gasteiger partial charge in [0.25, 0.3) is 0 Å². The molecule has 0 radical (unpaired) electrons. The van der Waals surface area contributed by atoms with Crippen molar-refractivity contribution in [1.82, 2.24) is 20.2 Å². The van der Waals surface area contributed by atoms with Crippen molar-refractivity contribution in [3.63, 3.8) is 0 Å². The summed E-state index contributed by atoms with van der Waals surface area (Å²) in [6, 6.07) is 0. The highest BCUT2D eigenvalue weighted by atomic mass is 15.2. The predicted octanol–water partition coefficient (Wildman–Crippen LogP) is 3.42. The molecule has 1 aliphatic rings. The molecule has 1 aliphatic carbocycles. The second-order valence-corrected chi connectivity index (χ2v) is 8.12. The summed E-state index contributed by atoms with van der Waals surface area (Å²) in [5, 5.41) is 6.96. The van der Waals surface area contributed by atoms with Crippen LogP contribution in [0.15, 0.2) is 17.4 Å². The highest BCUT2D eigenvalue weighted by Gasteiger charge is 2.37. The molecule has 0 aliphatic heterocycles. The Morgan fingerprint density at radius 2 is 2.00 bits per heavy atom. The van der Waals surface area contributed by atoms with E-state index in [-0.39, 0.29) is 0 Å². The third-order valence-corrected chi connectivity index (χ3v) is 4.89. The molecule has 1 aromatic rings. The number of rotatable bonds is 8. The SMILES string of the molecule is CN=C(NCc1nccn1CC(C)C)NCC1(CC(C)C)CCC1. The van der Waals surface area contributed by atoms with E-state index in [9.17, 15) is 0 Å². The minimum Gasteiger partial charge on any atom is -0.356 e. The molecule has 0 aromatic carbocycles. The van der Waals surface area contributed by atoms with Crippen molar-refractivity contribution in [2.45, 2.75) is 66.5 Å². The largest absolute Gasteiger partial charge is 0.356 e. The lowest BCUT2D eigenvalue weighted by Crippen LogP contribution is -2.47. The molecule has 0 atom stereocenters. The number of guanidine groups is 1. The van der Waals surface area contributed by atoms with Gasteiger partial charge in [0.05, 0.1) is 6.54 Å². The number of nitrogens with zero attached hydrogens (tertiary/aromatic N) is 3. The van der Waals surface area contributed by atoms with Crippen LogP contribution in [0.1, 0.15) is 59.2 Å². The predicted molar refractivity (Wildman–Crippen MR) is 101 cm³/mol. The standard InChI is InChI=1S/C19H35N5/c1-15(2)11-19(7-6-8-19)14-23-18(20-5)22-12-17-21-9-10-24(17)13-16(3)4/h9-10,15-16H,6-8,11-14H2,1-5H3,(H2,20,22,23). The van der Waals surface area contributed by atoms with E-state index in [1.165, 1.54) is 25.7 Å². The zero-order valence-corrected chi connectivity index (χ0v) is 16.1. The Kier molecular flexibility index (Phi) is 6.69. The maximum Gasteiger partial charge on any atom is 0.191 e. The monoisotopic (exact) mass is 333 g/mol. The van der Waals surface area contributed by atoms with Gasteiger partial charge in [-0.1, -0.05) is 34.1 Å². The van der Waals surface area contributed by atoms with Crippen LogP contribution >= 0.6 is 0 Å². The number of aliphatic imine (C=N–C) groups is 1. The number of nitrogens with one attached hydrogen (secondary N) is 2. The Bertz CT molecular complexity index is 526. The lowest BCUT2D eigenvalue weighted by atomic mass is 9.64. The molecule has 1 heterocycles. The van der Waals surface area contributed by atoms with Crippen molar-refractivity contribution in [1.29, 1.82) is 0 Å². The smallest absolute Gasteiger partial charge is 0.191 e. The van der Waals surface area contributed by atoms with Crippen LogP contribution in [-0.4, -0.2) is 29.1 Å². The molecule has 1 fully saturated rings. The van der Waals surface area contributed by atoms with E-state index in [4.69, 9.17) is 0 Å². The van der Waals surface area contributed by atoms with Gasteiger partial charge in [-0.3, -0.25) is 4.99 Å². The molecule has 0 saturated heterocycles. The van der Waals surface area contributed by atoms with E-state index in [0.29, 0.717) is 17.9 Å². The van der Waals surface area contributed by atoms with Crippen LogP contribution in [-0.2, 0) is 13.1 Å². The maximum absolute atomic E-state index is 4.47. The highest BCUT2D eigenvalue weighted by Crippen LogP contribution is 2.45. The Balaban J connectivity index is 1.84. The molecule has 1 aromatic heterocycles. The number of aromatic nitrogens is 2. The van der Waals surface area contributed by atoms with E-state index >= 15 is 0 Å². The van der Waals surface area contributed by atoms with Gasteiger partial charge in [0.1, 0.15) is 5.82 Å². The first-order chi connectivity index (χ1) is 11.4. The fourth-order valence-corrected chi connectivity index (χ4v) is 3.72. The van der Waals surface area contributed by atoms with Gasteiger partial charge in [-0.2, -0.15) is 0 Å². The Morgan fingerprint density at radius 3 is 2.54 bits per heavy atom. The summed E-state index contributed by atoms with van der Waals surface area (Å²) < 4.78 is 2.22. The van der Waals surface area contributed by atoms with Crippen LogP contribution in [0.2, 0.25) is 0 Å². The van der Waals surface area contributed by atoms with Crippen LogP contribution in [0.4, 0.5) is 0 Å². The number of hydrogen-bond acceptors (Lipinski definition) is 2. The van der Waals surface area contributed by atoms with Crippen molar-refractivity contribution < 1.29 is 0 Å². The lowest BCUT2D eigenvalue weighted by molar-refractivity contribution is 0.104. The second-order valence-electron chi connectivity index (χ2n) is 8.12. The minimum atomic E-state index is 0.474. The first-order valence-corrected chi connectivity index (χ1v) is 9.38. The van der Waals surface area contributed by atoms with Crippen molar-refractivity contribution in [2.24, 2.45) is 22.2 Å². The zero-order valence-electron chi connectivity index (χ0n) is 16.1. The molecule has 5 nitrogen and oxygen atoms in total. The van der Waals surface area contributed by atoms with E-state index in [2.05, 4.69) is 59.1 Å². The van der Waals surface area contributed by atoms with Gasteiger partial charge in [0, 0.05) is 32.5 Å². The molecular formula is C19H35N5. The van der Waals surface area contributed by atoms with Crippen LogP contribution in [0.25, 0.3) is 0 Å². The molecule has 5 heteroatoms. The summed E-state index contributed by atoms with van der Waals surface area (Å²) in [6.45, 7) is 11.8. The summed E-state index contributed by atoms with van der Waals surface area (Å²) in [4.78, 5) is 8.84. The van der Waals surface area contributed by atoms with E-state index < -0.39 is 0 Å². The molecule has 2 rings (SSSR count). The van der Waals surface area contributed by atoms with Gasteiger partial charge in [0.15, 0.2) is 5.96 Å². The van der Waals surface area contributed by atoms with Gasteiger partial charge in [0.2, 0.25) is 0 Å². The first-order valence-electron chi connectivity index (χ1n) is 9.38. The van der Waals surface area contributed by atoms with Crippen molar-refractivity contribution in [3.05, 3.63) is 18.2 Å². The van der Waals surface area contributed by atoms with E-state index in [1.54, 1.807) is 0 Å². The molecule has 0 unspecified atom stereocenters. The van der Waals surface area contributed by atoms with Gasteiger partial charge in [-0.25, -0.2) is 4.98 Å². The quantitative estimate of drug-likeness (QED) is 0.566. The fraction of sp³-hybridized carbons (Fsp3) is 0.789. The number of imidazole rings is 1. The minimum absolute atomic E-state index is 0.474. The fourth-order valence-electron chi connectivity index (χ4n) is 3.72. The average molecular weight is 334 g/mol. The highest BCUT2D eigenvalue weighted by molar-refractivity contribution is 5.79. The Labute approximate surface area is 147 Å². The van der Waals surface area contributed by atoms with Crippen LogP contribution in [0, 0.1) is 17.3 Å². The van der Waals surface area contributed by atoms with Crippen LogP contribution < -0.4 is 10.6 Å². The van der Waals surface area contributed by atoms with Gasteiger partial charge < -0.3 is 15.2 Å². The molecule has 0 amide bonds. The molecule has 2 N–H and O–H groups in total. The van der Waals surface area contributed by atoms with E-state index in [0.717, 1.165) is 30.8 Å². The van der Waals surface area contributed by atoms with Gasteiger partial charge in [-0.05, 0) is 36.5 Å². The Morgan fingerprint density at radius 1 is 1.25 bits per heavy atom. The summed E-state index contributed by atoms with van der Waals surface area (Å²) in [7, 11) is 1.84.